The molecule has 0 aliphatic rings. The molecule has 0 unspecified atom stereocenters. The maximum atomic E-state index is 10.7. The summed E-state index contributed by atoms with van der Waals surface area (Å²) in [6.45, 7) is 5.42. The molecule has 0 heterocycles. The van der Waals surface area contributed by atoms with Crippen molar-refractivity contribution in [2.24, 2.45) is 5.73 Å². The highest BCUT2D eigenvalue weighted by molar-refractivity contribution is 5.77. The summed E-state index contributed by atoms with van der Waals surface area (Å²) < 4.78 is 0. The smallest absolute Gasteiger partial charge is 0.132 e. The van der Waals surface area contributed by atoms with Crippen molar-refractivity contribution >= 4 is 5.78 Å². The van der Waals surface area contributed by atoms with Crippen molar-refractivity contribution in [1.82, 2.24) is 0 Å². The molecule has 2 nitrogen and oxygen atoms in total. The number of Topliss-reactive ketones (excluding diaryl/α,β-unsaturated/α-hetero) is 1. The lowest BCUT2D eigenvalue weighted by atomic mass is 10.1. The van der Waals surface area contributed by atoms with Crippen molar-refractivity contribution in [3.63, 3.8) is 0 Å². The standard InChI is InChI=1S/C8H15NO/c1-3-8(10)6-4-5-7(2)9/h2-6,9H2,1H3. The summed E-state index contributed by atoms with van der Waals surface area (Å²) >= 11 is 0. The fraction of sp³-hybridized carbons (Fsp3) is 0.625. The van der Waals surface area contributed by atoms with Crippen molar-refractivity contribution in [2.45, 2.75) is 32.6 Å². The predicted molar refractivity (Wildman–Crippen MR) is 42.5 cm³/mol. The van der Waals surface area contributed by atoms with Crippen LogP contribution in [0.15, 0.2) is 12.3 Å². The first-order chi connectivity index (χ1) is 4.66. The summed E-state index contributed by atoms with van der Waals surface area (Å²) in [7, 11) is 0. The molecule has 0 fully saturated rings. The normalized spacial score (nSPS) is 9.30. The monoisotopic (exact) mass is 141 g/mol. The van der Waals surface area contributed by atoms with Crippen LogP contribution in [0.1, 0.15) is 32.6 Å². The van der Waals surface area contributed by atoms with Crippen LogP contribution in [0.3, 0.4) is 0 Å². The molecular formula is C8H15NO. The van der Waals surface area contributed by atoms with Gasteiger partial charge in [0.1, 0.15) is 5.78 Å². The molecule has 0 aromatic heterocycles. The van der Waals surface area contributed by atoms with Gasteiger partial charge >= 0.3 is 0 Å². The van der Waals surface area contributed by atoms with E-state index in [1.54, 1.807) is 0 Å². The fourth-order valence-electron chi connectivity index (χ4n) is 0.689. The molecule has 2 N–H and O–H groups in total. The second-order valence-electron chi connectivity index (χ2n) is 2.40. The molecule has 2 heteroatoms. The first kappa shape index (κ1) is 9.21. The van der Waals surface area contributed by atoms with Crippen molar-refractivity contribution in [1.29, 1.82) is 0 Å². The molecule has 0 bridgehead atoms. The Morgan fingerprint density at radius 1 is 1.50 bits per heavy atom. The van der Waals surface area contributed by atoms with Gasteiger partial charge in [-0.15, -0.1) is 0 Å². The van der Waals surface area contributed by atoms with Gasteiger partial charge in [-0.3, -0.25) is 4.79 Å². The molecular weight excluding hydrogens is 126 g/mol. The second kappa shape index (κ2) is 5.03. The van der Waals surface area contributed by atoms with E-state index in [0.717, 1.165) is 12.8 Å². The summed E-state index contributed by atoms with van der Waals surface area (Å²) in [5.74, 6) is 0.307. The van der Waals surface area contributed by atoms with E-state index in [1.807, 2.05) is 6.92 Å². The van der Waals surface area contributed by atoms with E-state index in [0.29, 0.717) is 24.3 Å². The third-order valence-corrected chi connectivity index (χ3v) is 1.35. The molecule has 0 atom stereocenters. The van der Waals surface area contributed by atoms with Gasteiger partial charge in [-0.2, -0.15) is 0 Å². The van der Waals surface area contributed by atoms with E-state index in [-0.39, 0.29) is 0 Å². The molecule has 10 heavy (non-hydrogen) atoms. The lowest BCUT2D eigenvalue weighted by molar-refractivity contribution is -0.118. The molecule has 0 aromatic carbocycles. The van der Waals surface area contributed by atoms with Crippen molar-refractivity contribution < 1.29 is 4.79 Å². The first-order valence-corrected chi connectivity index (χ1v) is 3.61. The minimum Gasteiger partial charge on any atom is -0.403 e. The first-order valence-electron chi connectivity index (χ1n) is 3.61. The van der Waals surface area contributed by atoms with Crippen LogP contribution in [0.25, 0.3) is 0 Å². The van der Waals surface area contributed by atoms with Crippen molar-refractivity contribution in [2.75, 3.05) is 0 Å². The molecule has 58 valence electrons. The Morgan fingerprint density at radius 3 is 2.50 bits per heavy atom. The SMILES string of the molecule is C=C(N)CCCC(=O)CC. The maximum Gasteiger partial charge on any atom is 0.132 e. The van der Waals surface area contributed by atoms with Gasteiger partial charge < -0.3 is 5.73 Å². The van der Waals surface area contributed by atoms with Gasteiger partial charge in [0.25, 0.3) is 0 Å². The number of ketones is 1. The van der Waals surface area contributed by atoms with Crippen molar-refractivity contribution in [3.8, 4) is 0 Å². The van der Waals surface area contributed by atoms with Gasteiger partial charge in [-0.05, 0) is 12.8 Å². The van der Waals surface area contributed by atoms with Crippen LogP contribution in [0.4, 0.5) is 0 Å². The number of carbonyl (C=O) groups is 1. The van der Waals surface area contributed by atoms with Gasteiger partial charge in [-0.25, -0.2) is 0 Å². The lowest BCUT2D eigenvalue weighted by Gasteiger charge is -1.96. The number of allylic oxidation sites excluding steroid dienone is 1. The van der Waals surface area contributed by atoms with E-state index in [4.69, 9.17) is 5.73 Å². The zero-order valence-electron chi connectivity index (χ0n) is 6.52. The largest absolute Gasteiger partial charge is 0.403 e. The molecule has 0 aromatic rings. The molecule has 0 rings (SSSR count). The summed E-state index contributed by atoms with van der Waals surface area (Å²) in [5.41, 5.74) is 5.98. The minimum atomic E-state index is 0.307. The number of hydrogen-bond donors (Lipinski definition) is 1. The average Bonchev–Trinajstić information content (AvgIpc) is 1.87. The van der Waals surface area contributed by atoms with E-state index >= 15 is 0 Å². The Labute approximate surface area is 62.1 Å². The molecule has 0 amide bonds. The summed E-state index contributed by atoms with van der Waals surface area (Å²) in [6, 6.07) is 0. The van der Waals surface area contributed by atoms with Gasteiger partial charge in [0.2, 0.25) is 0 Å². The van der Waals surface area contributed by atoms with Gasteiger partial charge in [-0.1, -0.05) is 13.5 Å². The van der Waals surface area contributed by atoms with Crippen LogP contribution in [-0.2, 0) is 4.79 Å². The Bertz CT molecular complexity index is 129. The van der Waals surface area contributed by atoms with E-state index in [2.05, 4.69) is 6.58 Å². The number of nitrogens with two attached hydrogens (primary N) is 1. The van der Waals surface area contributed by atoms with Crippen LogP contribution < -0.4 is 5.73 Å². The van der Waals surface area contributed by atoms with E-state index in [1.165, 1.54) is 0 Å². The zero-order valence-corrected chi connectivity index (χ0v) is 6.52. The fourth-order valence-corrected chi connectivity index (χ4v) is 0.689. The summed E-state index contributed by atoms with van der Waals surface area (Å²) in [5, 5.41) is 0. The Kier molecular flexibility index (Phi) is 4.63. The maximum absolute atomic E-state index is 10.7. The second-order valence-corrected chi connectivity index (χ2v) is 2.40. The van der Waals surface area contributed by atoms with Crippen LogP contribution in [0, 0.1) is 0 Å². The Morgan fingerprint density at radius 2 is 2.10 bits per heavy atom. The van der Waals surface area contributed by atoms with Gasteiger partial charge in [0.05, 0.1) is 0 Å². The van der Waals surface area contributed by atoms with Gasteiger partial charge in [0, 0.05) is 18.5 Å². The molecule has 0 saturated heterocycles. The quantitative estimate of drug-likeness (QED) is 0.632. The highest BCUT2D eigenvalue weighted by Gasteiger charge is 1.96. The minimum absolute atomic E-state index is 0.307. The number of hydrogen-bond acceptors (Lipinski definition) is 2. The highest BCUT2D eigenvalue weighted by atomic mass is 16.1. The molecule has 0 saturated carbocycles. The van der Waals surface area contributed by atoms with Crippen LogP contribution >= 0.6 is 0 Å². The van der Waals surface area contributed by atoms with Crippen LogP contribution in [0.5, 0.6) is 0 Å². The predicted octanol–water partition coefficient (Wildman–Crippen LogP) is 1.61. The topological polar surface area (TPSA) is 43.1 Å². The zero-order chi connectivity index (χ0) is 7.98. The summed E-state index contributed by atoms with van der Waals surface area (Å²) in [6.07, 6.45) is 2.90. The molecule has 0 spiro atoms. The Balaban J connectivity index is 3.20. The third-order valence-electron chi connectivity index (χ3n) is 1.35. The summed E-state index contributed by atoms with van der Waals surface area (Å²) in [4.78, 5) is 10.7. The molecule has 0 aliphatic heterocycles. The highest BCUT2D eigenvalue weighted by Crippen LogP contribution is 2.01. The van der Waals surface area contributed by atoms with E-state index < -0.39 is 0 Å². The lowest BCUT2D eigenvalue weighted by Crippen LogP contribution is -1.98. The third kappa shape index (κ3) is 5.35. The van der Waals surface area contributed by atoms with Crippen LogP contribution in [0.2, 0.25) is 0 Å². The van der Waals surface area contributed by atoms with Crippen molar-refractivity contribution in [3.05, 3.63) is 12.3 Å². The Hall–Kier alpha value is -0.790. The van der Waals surface area contributed by atoms with Crippen LogP contribution in [-0.4, -0.2) is 5.78 Å². The average molecular weight is 141 g/mol. The van der Waals surface area contributed by atoms with E-state index in [9.17, 15) is 4.79 Å². The molecule has 0 aliphatic carbocycles. The van der Waals surface area contributed by atoms with Gasteiger partial charge in [0.15, 0.2) is 0 Å². The number of rotatable bonds is 5. The molecule has 0 radical (unpaired) electrons. The number of carbonyl (C=O) groups excluding carboxylic acids is 1.